The molecule has 1 aliphatic rings. The van der Waals surface area contributed by atoms with Crippen molar-refractivity contribution in [2.75, 3.05) is 6.54 Å². The van der Waals surface area contributed by atoms with Crippen LogP contribution in [0.2, 0.25) is 5.02 Å². The molecule has 0 saturated carbocycles. The van der Waals surface area contributed by atoms with Crippen LogP contribution in [0.5, 0.6) is 5.75 Å². The number of phenols is 1. The highest BCUT2D eigenvalue weighted by atomic mass is 35.5. The van der Waals surface area contributed by atoms with Crippen LogP contribution in [0.25, 0.3) is 0 Å². The Morgan fingerprint density at radius 1 is 1.50 bits per heavy atom. The predicted octanol–water partition coefficient (Wildman–Crippen LogP) is 2.08. The van der Waals surface area contributed by atoms with Gasteiger partial charge in [0.15, 0.2) is 0 Å². The van der Waals surface area contributed by atoms with E-state index in [1.165, 1.54) is 0 Å². The number of aromatic hydroxyl groups is 1. The summed E-state index contributed by atoms with van der Waals surface area (Å²) in [6.45, 7) is 1.02. The summed E-state index contributed by atoms with van der Waals surface area (Å²) in [4.78, 5) is 0. The van der Waals surface area contributed by atoms with Crippen LogP contribution >= 0.6 is 11.6 Å². The number of nitrogens with one attached hydrogen (secondary N) is 1. The molecule has 1 atom stereocenters. The summed E-state index contributed by atoms with van der Waals surface area (Å²) in [5.41, 5.74) is 0.911. The number of hydrogen-bond donors (Lipinski definition) is 2. The molecule has 0 spiro atoms. The molecule has 1 aromatic carbocycles. The van der Waals surface area contributed by atoms with Gasteiger partial charge in [0.1, 0.15) is 5.75 Å². The molecule has 1 fully saturated rings. The average Bonchev–Trinajstić information content (AvgIpc) is 1.95. The second-order valence-corrected chi connectivity index (χ2v) is 3.38. The van der Waals surface area contributed by atoms with Gasteiger partial charge < -0.3 is 10.4 Å². The van der Waals surface area contributed by atoms with Crippen LogP contribution in [0.3, 0.4) is 0 Å². The lowest BCUT2D eigenvalue weighted by molar-refractivity contribution is 0.364. The summed E-state index contributed by atoms with van der Waals surface area (Å²) in [5, 5.41) is 13.2. The van der Waals surface area contributed by atoms with E-state index in [2.05, 4.69) is 5.32 Å². The Labute approximate surface area is 76.2 Å². The molecule has 1 saturated heterocycles. The summed E-state index contributed by atoms with van der Waals surface area (Å²) in [7, 11) is 0. The van der Waals surface area contributed by atoms with Gasteiger partial charge in [0, 0.05) is 11.6 Å². The van der Waals surface area contributed by atoms with Crippen LogP contribution in [0, 0.1) is 0 Å². The van der Waals surface area contributed by atoms with Gasteiger partial charge in [-0.05, 0) is 19.0 Å². The Bertz CT molecular complexity index is 297. The van der Waals surface area contributed by atoms with Gasteiger partial charge in [0.05, 0.1) is 5.02 Å². The number of hydrogen-bond acceptors (Lipinski definition) is 2. The van der Waals surface area contributed by atoms with E-state index in [1.807, 2.05) is 12.1 Å². The molecule has 0 aromatic heterocycles. The van der Waals surface area contributed by atoms with E-state index in [4.69, 9.17) is 11.6 Å². The van der Waals surface area contributed by atoms with Gasteiger partial charge >= 0.3 is 0 Å². The standard InChI is InChI=1S/C9H10ClNO/c10-7-3-1-2-6(9(7)12)8-4-5-11-8/h1-3,8,11-12H,4-5H2/t8-/m0/s1. The first-order valence-corrected chi connectivity index (χ1v) is 4.37. The van der Waals surface area contributed by atoms with Crippen LogP contribution in [-0.4, -0.2) is 11.7 Å². The van der Waals surface area contributed by atoms with Crippen molar-refractivity contribution in [3.8, 4) is 5.75 Å². The summed E-state index contributed by atoms with van der Waals surface area (Å²) in [6.07, 6.45) is 1.08. The maximum absolute atomic E-state index is 9.56. The van der Waals surface area contributed by atoms with E-state index in [-0.39, 0.29) is 5.75 Å². The maximum Gasteiger partial charge on any atom is 0.138 e. The summed E-state index contributed by atoms with van der Waals surface area (Å²) in [6, 6.07) is 5.75. The highest BCUT2D eigenvalue weighted by Gasteiger charge is 2.21. The zero-order valence-electron chi connectivity index (χ0n) is 6.55. The maximum atomic E-state index is 9.56. The van der Waals surface area contributed by atoms with Gasteiger partial charge in [-0.1, -0.05) is 23.7 Å². The number of rotatable bonds is 1. The molecule has 1 aromatic rings. The Morgan fingerprint density at radius 3 is 2.83 bits per heavy atom. The minimum absolute atomic E-state index is 0.219. The second kappa shape index (κ2) is 2.96. The normalized spacial score (nSPS) is 21.9. The molecular weight excluding hydrogens is 174 g/mol. The van der Waals surface area contributed by atoms with Gasteiger partial charge in [0.25, 0.3) is 0 Å². The lowest BCUT2D eigenvalue weighted by atomic mass is 9.97. The molecule has 2 N–H and O–H groups in total. The first-order chi connectivity index (χ1) is 5.79. The third-order valence-electron chi connectivity index (χ3n) is 2.22. The van der Waals surface area contributed by atoms with Gasteiger partial charge in [-0.25, -0.2) is 0 Å². The molecule has 0 amide bonds. The SMILES string of the molecule is Oc1c(Cl)cccc1[C@@H]1CCN1. The topological polar surface area (TPSA) is 32.3 Å². The number of benzene rings is 1. The van der Waals surface area contributed by atoms with E-state index in [1.54, 1.807) is 6.07 Å². The Morgan fingerprint density at radius 2 is 2.25 bits per heavy atom. The summed E-state index contributed by atoms with van der Waals surface area (Å²) >= 11 is 5.76. The van der Waals surface area contributed by atoms with Crippen molar-refractivity contribution >= 4 is 11.6 Å². The van der Waals surface area contributed by atoms with Crippen LogP contribution < -0.4 is 5.32 Å². The fourth-order valence-corrected chi connectivity index (χ4v) is 1.55. The summed E-state index contributed by atoms with van der Waals surface area (Å²) < 4.78 is 0. The van der Waals surface area contributed by atoms with Crippen molar-refractivity contribution in [2.45, 2.75) is 12.5 Å². The Hall–Kier alpha value is -0.730. The third kappa shape index (κ3) is 1.17. The fraction of sp³-hybridized carbons (Fsp3) is 0.333. The molecular formula is C9H10ClNO. The quantitative estimate of drug-likeness (QED) is 0.699. The summed E-state index contributed by atoms with van der Waals surface area (Å²) in [5.74, 6) is 0.219. The van der Waals surface area contributed by atoms with E-state index in [0.29, 0.717) is 11.1 Å². The van der Waals surface area contributed by atoms with E-state index >= 15 is 0 Å². The molecule has 1 aliphatic heterocycles. The van der Waals surface area contributed by atoms with Gasteiger partial charge in [-0.2, -0.15) is 0 Å². The molecule has 0 bridgehead atoms. The van der Waals surface area contributed by atoms with E-state index in [0.717, 1.165) is 18.5 Å². The lowest BCUT2D eigenvalue weighted by Crippen LogP contribution is -2.34. The predicted molar refractivity (Wildman–Crippen MR) is 48.5 cm³/mol. The van der Waals surface area contributed by atoms with Crippen molar-refractivity contribution in [1.29, 1.82) is 0 Å². The Kier molecular flexibility index (Phi) is 1.95. The van der Waals surface area contributed by atoms with Crippen molar-refractivity contribution in [1.82, 2.24) is 5.32 Å². The van der Waals surface area contributed by atoms with Crippen LogP contribution in [0.15, 0.2) is 18.2 Å². The van der Waals surface area contributed by atoms with E-state index < -0.39 is 0 Å². The van der Waals surface area contributed by atoms with E-state index in [9.17, 15) is 5.11 Å². The van der Waals surface area contributed by atoms with Crippen LogP contribution in [-0.2, 0) is 0 Å². The minimum Gasteiger partial charge on any atom is -0.506 e. The van der Waals surface area contributed by atoms with Gasteiger partial charge in [-0.3, -0.25) is 0 Å². The molecule has 64 valence electrons. The van der Waals surface area contributed by atoms with Crippen LogP contribution in [0.1, 0.15) is 18.0 Å². The molecule has 3 heteroatoms. The first kappa shape index (κ1) is 7.90. The highest BCUT2D eigenvalue weighted by molar-refractivity contribution is 6.32. The third-order valence-corrected chi connectivity index (χ3v) is 2.52. The zero-order valence-corrected chi connectivity index (χ0v) is 7.30. The monoisotopic (exact) mass is 183 g/mol. The van der Waals surface area contributed by atoms with Crippen molar-refractivity contribution in [2.24, 2.45) is 0 Å². The molecule has 0 unspecified atom stereocenters. The number of para-hydroxylation sites is 1. The van der Waals surface area contributed by atoms with Crippen molar-refractivity contribution < 1.29 is 5.11 Å². The van der Waals surface area contributed by atoms with Crippen LogP contribution in [0.4, 0.5) is 0 Å². The molecule has 0 radical (unpaired) electrons. The number of phenolic OH excluding ortho intramolecular Hbond substituents is 1. The number of halogens is 1. The first-order valence-electron chi connectivity index (χ1n) is 4.00. The highest BCUT2D eigenvalue weighted by Crippen LogP contribution is 2.34. The smallest absolute Gasteiger partial charge is 0.138 e. The molecule has 2 rings (SSSR count). The minimum atomic E-state index is 0.219. The molecule has 1 heterocycles. The van der Waals surface area contributed by atoms with Gasteiger partial charge in [0.2, 0.25) is 0 Å². The van der Waals surface area contributed by atoms with Crippen molar-refractivity contribution in [3.05, 3.63) is 28.8 Å². The zero-order chi connectivity index (χ0) is 8.55. The van der Waals surface area contributed by atoms with Crippen molar-refractivity contribution in [3.63, 3.8) is 0 Å². The fourth-order valence-electron chi connectivity index (χ4n) is 1.37. The van der Waals surface area contributed by atoms with Gasteiger partial charge in [-0.15, -0.1) is 0 Å². The lowest BCUT2D eigenvalue weighted by Gasteiger charge is -2.28. The second-order valence-electron chi connectivity index (χ2n) is 2.97. The molecule has 0 aliphatic carbocycles. The molecule has 12 heavy (non-hydrogen) atoms. The largest absolute Gasteiger partial charge is 0.506 e. The molecule has 2 nitrogen and oxygen atoms in total. The average molecular weight is 184 g/mol. The Balaban J connectivity index is 2.36.